The first-order chi connectivity index (χ1) is 12.6. The van der Waals surface area contributed by atoms with Crippen LogP contribution >= 0.6 is 24.0 Å². The first-order valence-electron chi connectivity index (χ1n) is 10.0. The van der Waals surface area contributed by atoms with Crippen LogP contribution in [0.3, 0.4) is 0 Å². The Balaban J connectivity index is 0.00000676. The van der Waals surface area contributed by atoms with E-state index in [1.165, 1.54) is 25.7 Å². The number of ether oxygens (including phenoxy) is 1. The number of nitrogens with zero attached hydrogens (tertiary/aromatic N) is 4. The molecular formula is C19H39IN6O. The molecule has 0 saturated carbocycles. The third-order valence-corrected chi connectivity index (χ3v) is 4.51. The van der Waals surface area contributed by atoms with Gasteiger partial charge in [0.15, 0.2) is 5.96 Å². The molecule has 0 aliphatic rings. The Kier molecular flexibility index (Phi) is 15.6. The van der Waals surface area contributed by atoms with E-state index in [2.05, 4.69) is 53.1 Å². The summed E-state index contributed by atoms with van der Waals surface area (Å²) in [4.78, 5) is 4.83. The predicted octanol–water partition coefficient (Wildman–Crippen LogP) is 3.25. The number of aryl methyl sites for hydroxylation is 1. The maximum absolute atomic E-state index is 5.23. The Morgan fingerprint density at radius 1 is 1.33 bits per heavy atom. The molecule has 1 aromatic heterocycles. The second-order valence-electron chi connectivity index (χ2n) is 6.83. The van der Waals surface area contributed by atoms with E-state index in [0.29, 0.717) is 12.5 Å². The summed E-state index contributed by atoms with van der Waals surface area (Å²) in [5.41, 5.74) is 0. The number of unbranched alkanes of at least 4 members (excludes halogenated alkanes) is 1. The molecule has 0 saturated heterocycles. The highest BCUT2D eigenvalue weighted by Crippen LogP contribution is 2.12. The van der Waals surface area contributed by atoms with E-state index in [1.807, 2.05) is 0 Å². The van der Waals surface area contributed by atoms with Crippen molar-refractivity contribution in [3.05, 3.63) is 12.2 Å². The first kappa shape index (κ1) is 26.1. The summed E-state index contributed by atoms with van der Waals surface area (Å²) < 4.78 is 7.31. The zero-order chi connectivity index (χ0) is 19.2. The van der Waals surface area contributed by atoms with Crippen LogP contribution in [0.25, 0.3) is 0 Å². The summed E-state index contributed by atoms with van der Waals surface area (Å²) in [5.74, 6) is 2.52. The van der Waals surface area contributed by atoms with Crippen molar-refractivity contribution in [3.63, 3.8) is 0 Å². The number of halogens is 1. The molecule has 1 aromatic rings. The van der Waals surface area contributed by atoms with Crippen molar-refractivity contribution in [2.45, 2.75) is 72.4 Å². The predicted molar refractivity (Wildman–Crippen MR) is 123 cm³/mol. The SMILES string of the molecule is CCCCC(CC)CN=C(NCCn1cnnc1CC)NC(C)COC.I. The van der Waals surface area contributed by atoms with Crippen molar-refractivity contribution in [1.29, 1.82) is 0 Å². The lowest BCUT2D eigenvalue weighted by Gasteiger charge is -2.19. The van der Waals surface area contributed by atoms with Gasteiger partial charge >= 0.3 is 0 Å². The molecular weight excluding hydrogens is 455 g/mol. The molecule has 0 aromatic carbocycles. The van der Waals surface area contributed by atoms with Crippen LogP contribution in [0.4, 0.5) is 0 Å². The van der Waals surface area contributed by atoms with Crippen LogP contribution < -0.4 is 10.6 Å². The minimum absolute atomic E-state index is 0. The topological polar surface area (TPSA) is 76.4 Å². The molecule has 8 heteroatoms. The third kappa shape index (κ3) is 10.9. The fourth-order valence-corrected chi connectivity index (χ4v) is 2.85. The molecule has 2 N–H and O–H groups in total. The number of guanidine groups is 1. The fraction of sp³-hybridized carbons (Fsp3) is 0.842. The van der Waals surface area contributed by atoms with E-state index in [-0.39, 0.29) is 30.0 Å². The minimum Gasteiger partial charge on any atom is -0.383 e. The molecule has 0 aliphatic carbocycles. The molecule has 1 rings (SSSR count). The molecule has 2 atom stereocenters. The number of nitrogens with one attached hydrogen (secondary N) is 2. The second kappa shape index (κ2) is 16.1. The average Bonchev–Trinajstić information content (AvgIpc) is 3.09. The number of hydrogen-bond acceptors (Lipinski definition) is 4. The Bertz CT molecular complexity index is 508. The molecule has 0 radical (unpaired) electrons. The van der Waals surface area contributed by atoms with Gasteiger partial charge in [-0.05, 0) is 19.3 Å². The standard InChI is InChI=1S/C19H38N6O.HI/c1-6-9-10-17(7-2)13-21-19(23-16(4)14-26-5)20-11-12-25-15-22-24-18(25)8-3;/h15-17H,6-14H2,1-5H3,(H2,20,21,23);1H. The van der Waals surface area contributed by atoms with E-state index in [1.54, 1.807) is 13.4 Å². The molecule has 27 heavy (non-hydrogen) atoms. The lowest BCUT2D eigenvalue weighted by atomic mass is 10.00. The smallest absolute Gasteiger partial charge is 0.191 e. The first-order valence-corrected chi connectivity index (χ1v) is 10.0. The van der Waals surface area contributed by atoms with Gasteiger partial charge < -0.3 is 19.9 Å². The van der Waals surface area contributed by atoms with Crippen molar-refractivity contribution in [3.8, 4) is 0 Å². The summed E-state index contributed by atoms with van der Waals surface area (Å²) >= 11 is 0. The van der Waals surface area contributed by atoms with Crippen LogP contribution in [0.15, 0.2) is 11.3 Å². The second-order valence-corrected chi connectivity index (χ2v) is 6.83. The molecule has 1 heterocycles. The van der Waals surface area contributed by atoms with Crippen molar-refractivity contribution in [1.82, 2.24) is 25.4 Å². The van der Waals surface area contributed by atoms with Crippen LogP contribution in [0.2, 0.25) is 0 Å². The largest absolute Gasteiger partial charge is 0.383 e. The van der Waals surface area contributed by atoms with Crippen molar-refractivity contribution in [2.24, 2.45) is 10.9 Å². The molecule has 158 valence electrons. The number of aromatic nitrogens is 3. The van der Waals surface area contributed by atoms with Gasteiger partial charge in [-0.3, -0.25) is 4.99 Å². The maximum atomic E-state index is 5.23. The van der Waals surface area contributed by atoms with Crippen molar-refractivity contribution in [2.75, 3.05) is 26.8 Å². The molecule has 0 bridgehead atoms. The highest BCUT2D eigenvalue weighted by molar-refractivity contribution is 14.0. The van der Waals surface area contributed by atoms with E-state index < -0.39 is 0 Å². The highest BCUT2D eigenvalue weighted by atomic mass is 127. The average molecular weight is 494 g/mol. The van der Waals surface area contributed by atoms with Gasteiger partial charge in [0, 0.05) is 39.2 Å². The minimum atomic E-state index is 0. The third-order valence-electron chi connectivity index (χ3n) is 4.51. The van der Waals surface area contributed by atoms with Crippen molar-refractivity contribution >= 4 is 29.9 Å². The van der Waals surface area contributed by atoms with Gasteiger partial charge in [0.05, 0.1) is 6.61 Å². The zero-order valence-corrected chi connectivity index (χ0v) is 20.0. The van der Waals surface area contributed by atoms with Gasteiger partial charge in [-0.2, -0.15) is 0 Å². The zero-order valence-electron chi connectivity index (χ0n) is 17.7. The van der Waals surface area contributed by atoms with Crippen molar-refractivity contribution < 1.29 is 4.74 Å². The van der Waals surface area contributed by atoms with Crippen LogP contribution in [-0.2, 0) is 17.7 Å². The van der Waals surface area contributed by atoms with Gasteiger partial charge in [-0.1, -0.05) is 40.0 Å². The molecule has 0 fully saturated rings. The van der Waals surface area contributed by atoms with E-state index in [0.717, 1.165) is 37.8 Å². The van der Waals surface area contributed by atoms with Gasteiger partial charge in [0.25, 0.3) is 0 Å². The summed E-state index contributed by atoms with van der Waals surface area (Å²) in [5, 5.41) is 15.0. The van der Waals surface area contributed by atoms with E-state index in [9.17, 15) is 0 Å². The number of aliphatic imine (C=N–C) groups is 1. The molecule has 7 nitrogen and oxygen atoms in total. The fourth-order valence-electron chi connectivity index (χ4n) is 2.85. The normalized spacial score (nSPS) is 13.7. The monoisotopic (exact) mass is 494 g/mol. The van der Waals surface area contributed by atoms with Crippen LogP contribution in [0.1, 0.15) is 59.2 Å². The number of hydrogen-bond donors (Lipinski definition) is 2. The highest BCUT2D eigenvalue weighted by Gasteiger charge is 2.09. The molecule has 0 aliphatic heterocycles. The van der Waals surface area contributed by atoms with Gasteiger partial charge in [0.1, 0.15) is 12.2 Å². The van der Waals surface area contributed by atoms with Crippen LogP contribution in [0, 0.1) is 5.92 Å². The molecule has 0 spiro atoms. The van der Waals surface area contributed by atoms with Gasteiger partial charge in [-0.25, -0.2) is 0 Å². The summed E-state index contributed by atoms with van der Waals surface area (Å²) in [6.07, 6.45) is 7.61. The van der Waals surface area contributed by atoms with Crippen LogP contribution in [-0.4, -0.2) is 53.6 Å². The Morgan fingerprint density at radius 2 is 2.11 bits per heavy atom. The van der Waals surface area contributed by atoms with Crippen LogP contribution in [0.5, 0.6) is 0 Å². The summed E-state index contributed by atoms with van der Waals surface area (Å²) in [6, 6.07) is 0.211. The van der Waals surface area contributed by atoms with E-state index >= 15 is 0 Å². The Labute approximate surface area is 182 Å². The van der Waals surface area contributed by atoms with Gasteiger partial charge in [0.2, 0.25) is 0 Å². The summed E-state index contributed by atoms with van der Waals surface area (Å²) in [6.45, 7) is 11.8. The van der Waals surface area contributed by atoms with E-state index in [4.69, 9.17) is 9.73 Å². The Hall–Kier alpha value is -0.900. The molecule has 2 unspecified atom stereocenters. The number of methoxy groups -OCH3 is 1. The Morgan fingerprint density at radius 3 is 2.74 bits per heavy atom. The summed E-state index contributed by atoms with van der Waals surface area (Å²) in [7, 11) is 1.72. The number of rotatable bonds is 13. The van der Waals surface area contributed by atoms with Gasteiger partial charge in [-0.15, -0.1) is 34.2 Å². The molecule has 0 amide bonds. The maximum Gasteiger partial charge on any atom is 0.191 e. The lowest BCUT2D eigenvalue weighted by Crippen LogP contribution is -2.45. The quantitative estimate of drug-likeness (QED) is 0.250. The lowest BCUT2D eigenvalue weighted by molar-refractivity contribution is 0.179.